The number of ketones is 1. The Balaban J connectivity index is 1.74. The fraction of sp³-hybridized carbons (Fsp3) is 0.385. The van der Waals surface area contributed by atoms with Crippen molar-refractivity contribution in [3.8, 4) is 0 Å². The molecular formula is C13H14N2O2. The average molecular weight is 230 g/mol. The molecule has 1 N–H and O–H groups in total. The van der Waals surface area contributed by atoms with Crippen molar-refractivity contribution in [1.82, 2.24) is 4.98 Å². The molecule has 0 radical (unpaired) electrons. The van der Waals surface area contributed by atoms with Gasteiger partial charge < -0.3 is 9.73 Å². The van der Waals surface area contributed by atoms with Gasteiger partial charge in [-0.15, -0.1) is 0 Å². The van der Waals surface area contributed by atoms with E-state index in [1.807, 2.05) is 24.3 Å². The maximum atomic E-state index is 11.1. The van der Waals surface area contributed by atoms with Gasteiger partial charge in [0.1, 0.15) is 11.3 Å². The molecule has 1 saturated carbocycles. The summed E-state index contributed by atoms with van der Waals surface area (Å²) in [5.41, 5.74) is 1.66. The molecule has 3 rings (SSSR count). The first kappa shape index (κ1) is 10.3. The van der Waals surface area contributed by atoms with Gasteiger partial charge in [-0.2, -0.15) is 4.98 Å². The SMILES string of the molecule is O=C1CCC(Nc2nc3ccccc3o2)CC1. The molecule has 0 spiro atoms. The third kappa shape index (κ3) is 2.16. The van der Waals surface area contributed by atoms with Crippen LogP contribution in [0.3, 0.4) is 0 Å². The minimum absolute atomic E-state index is 0.306. The van der Waals surface area contributed by atoms with Crippen LogP contribution in [-0.2, 0) is 4.79 Å². The van der Waals surface area contributed by atoms with Gasteiger partial charge in [0.05, 0.1) is 0 Å². The van der Waals surface area contributed by atoms with Crippen LogP contribution in [0.1, 0.15) is 25.7 Å². The molecule has 4 nitrogen and oxygen atoms in total. The second kappa shape index (κ2) is 4.20. The van der Waals surface area contributed by atoms with Gasteiger partial charge in [-0.1, -0.05) is 12.1 Å². The monoisotopic (exact) mass is 230 g/mol. The van der Waals surface area contributed by atoms with Crippen LogP contribution in [0.2, 0.25) is 0 Å². The van der Waals surface area contributed by atoms with E-state index < -0.39 is 0 Å². The summed E-state index contributed by atoms with van der Waals surface area (Å²) in [6.45, 7) is 0. The first-order valence-corrected chi connectivity index (χ1v) is 5.95. The molecule has 88 valence electrons. The average Bonchev–Trinajstić information content (AvgIpc) is 2.74. The Hall–Kier alpha value is -1.84. The molecule has 17 heavy (non-hydrogen) atoms. The fourth-order valence-electron chi connectivity index (χ4n) is 2.19. The minimum atomic E-state index is 0.306. The number of hydrogen-bond donors (Lipinski definition) is 1. The van der Waals surface area contributed by atoms with Gasteiger partial charge in [0.15, 0.2) is 5.58 Å². The predicted molar refractivity (Wildman–Crippen MR) is 64.9 cm³/mol. The number of anilines is 1. The number of carbonyl (C=O) groups is 1. The first-order valence-electron chi connectivity index (χ1n) is 5.95. The number of nitrogens with one attached hydrogen (secondary N) is 1. The molecule has 0 unspecified atom stereocenters. The number of Topliss-reactive ketones (excluding diaryl/α,β-unsaturated/α-hetero) is 1. The second-order valence-electron chi connectivity index (χ2n) is 4.44. The normalized spacial score (nSPS) is 17.5. The Bertz CT molecular complexity index is 504. The summed E-state index contributed by atoms with van der Waals surface area (Å²) < 4.78 is 5.59. The number of para-hydroxylation sites is 2. The smallest absolute Gasteiger partial charge is 0.295 e. The molecule has 0 saturated heterocycles. The Morgan fingerprint density at radius 3 is 2.76 bits per heavy atom. The number of carbonyl (C=O) groups excluding carboxylic acids is 1. The van der Waals surface area contributed by atoms with Crippen molar-refractivity contribution in [2.75, 3.05) is 5.32 Å². The molecule has 1 aliphatic rings. The van der Waals surface area contributed by atoms with Gasteiger partial charge in [-0.05, 0) is 25.0 Å². The van der Waals surface area contributed by atoms with Crippen LogP contribution in [0.4, 0.5) is 6.01 Å². The molecule has 1 aromatic carbocycles. The van der Waals surface area contributed by atoms with Crippen molar-refractivity contribution < 1.29 is 9.21 Å². The largest absolute Gasteiger partial charge is 0.424 e. The van der Waals surface area contributed by atoms with Gasteiger partial charge in [0, 0.05) is 18.9 Å². The highest BCUT2D eigenvalue weighted by Crippen LogP contribution is 2.22. The van der Waals surface area contributed by atoms with E-state index in [0.717, 1.165) is 23.9 Å². The van der Waals surface area contributed by atoms with Gasteiger partial charge in [0.2, 0.25) is 0 Å². The highest BCUT2D eigenvalue weighted by molar-refractivity contribution is 5.79. The van der Waals surface area contributed by atoms with Crippen LogP contribution in [0, 0.1) is 0 Å². The van der Waals surface area contributed by atoms with Crippen molar-refractivity contribution in [3.63, 3.8) is 0 Å². The van der Waals surface area contributed by atoms with E-state index in [9.17, 15) is 4.79 Å². The zero-order chi connectivity index (χ0) is 11.7. The lowest BCUT2D eigenvalue weighted by Gasteiger charge is -2.20. The van der Waals surface area contributed by atoms with E-state index >= 15 is 0 Å². The van der Waals surface area contributed by atoms with Crippen LogP contribution in [0.5, 0.6) is 0 Å². The minimum Gasteiger partial charge on any atom is -0.424 e. The lowest BCUT2D eigenvalue weighted by atomic mass is 9.95. The number of aromatic nitrogens is 1. The highest BCUT2D eigenvalue weighted by Gasteiger charge is 2.19. The molecule has 0 amide bonds. The van der Waals surface area contributed by atoms with Crippen LogP contribution in [-0.4, -0.2) is 16.8 Å². The van der Waals surface area contributed by atoms with Crippen LogP contribution < -0.4 is 5.32 Å². The Morgan fingerprint density at radius 2 is 2.00 bits per heavy atom. The molecule has 1 fully saturated rings. The number of benzene rings is 1. The first-order chi connectivity index (χ1) is 8.31. The van der Waals surface area contributed by atoms with Crippen molar-refractivity contribution in [3.05, 3.63) is 24.3 Å². The van der Waals surface area contributed by atoms with E-state index in [-0.39, 0.29) is 0 Å². The maximum absolute atomic E-state index is 11.1. The molecule has 1 aliphatic carbocycles. The molecular weight excluding hydrogens is 216 g/mol. The second-order valence-corrected chi connectivity index (χ2v) is 4.44. The summed E-state index contributed by atoms with van der Waals surface area (Å²) in [7, 11) is 0. The third-order valence-corrected chi connectivity index (χ3v) is 3.16. The van der Waals surface area contributed by atoms with E-state index in [1.54, 1.807) is 0 Å². The topological polar surface area (TPSA) is 55.1 Å². The quantitative estimate of drug-likeness (QED) is 0.861. The molecule has 0 aliphatic heterocycles. The maximum Gasteiger partial charge on any atom is 0.295 e. The summed E-state index contributed by atoms with van der Waals surface area (Å²) in [6, 6.07) is 8.56. The number of hydrogen-bond acceptors (Lipinski definition) is 4. The summed E-state index contributed by atoms with van der Waals surface area (Å²) in [5, 5.41) is 3.26. The van der Waals surface area contributed by atoms with Gasteiger partial charge in [-0.3, -0.25) is 4.79 Å². The van der Waals surface area contributed by atoms with Crippen LogP contribution >= 0.6 is 0 Å². The summed E-state index contributed by atoms with van der Waals surface area (Å²) in [4.78, 5) is 15.5. The zero-order valence-corrected chi connectivity index (χ0v) is 9.48. The Labute approximate surface area is 99.0 Å². The van der Waals surface area contributed by atoms with Crippen molar-refractivity contribution in [1.29, 1.82) is 0 Å². The lowest BCUT2D eigenvalue weighted by Crippen LogP contribution is -2.26. The molecule has 4 heteroatoms. The molecule has 0 atom stereocenters. The Kier molecular flexibility index (Phi) is 2.55. The Morgan fingerprint density at radius 1 is 1.24 bits per heavy atom. The lowest BCUT2D eigenvalue weighted by molar-refractivity contribution is -0.120. The number of fused-ring (bicyclic) bond motifs is 1. The number of oxazole rings is 1. The van der Waals surface area contributed by atoms with E-state index in [2.05, 4.69) is 10.3 Å². The van der Waals surface area contributed by atoms with Gasteiger partial charge >= 0.3 is 0 Å². The van der Waals surface area contributed by atoms with Gasteiger partial charge in [-0.25, -0.2) is 0 Å². The molecule has 1 heterocycles. The highest BCUT2D eigenvalue weighted by atomic mass is 16.4. The standard InChI is InChI=1S/C13H14N2O2/c16-10-7-5-9(6-8-10)14-13-15-11-3-1-2-4-12(11)17-13/h1-4,9H,5-8H2,(H,14,15). The van der Waals surface area contributed by atoms with E-state index in [4.69, 9.17) is 4.42 Å². The summed E-state index contributed by atoms with van der Waals surface area (Å²) in [5.74, 6) is 0.362. The molecule has 1 aromatic heterocycles. The predicted octanol–water partition coefficient (Wildman–Crippen LogP) is 2.75. The molecule has 2 aromatic rings. The zero-order valence-electron chi connectivity index (χ0n) is 9.48. The van der Waals surface area contributed by atoms with Crippen molar-refractivity contribution >= 4 is 22.9 Å². The summed E-state index contributed by atoms with van der Waals surface area (Å²) >= 11 is 0. The summed E-state index contributed by atoms with van der Waals surface area (Å²) in [6.07, 6.45) is 3.07. The fourth-order valence-corrected chi connectivity index (χ4v) is 2.19. The van der Waals surface area contributed by atoms with Gasteiger partial charge in [0.25, 0.3) is 6.01 Å². The van der Waals surface area contributed by atoms with Crippen LogP contribution in [0.25, 0.3) is 11.1 Å². The van der Waals surface area contributed by atoms with E-state index in [1.165, 1.54) is 0 Å². The van der Waals surface area contributed by atoms with E-state index in [0.29, 0.717) is 30.7 Å². The molecule has 0 bridgehead atoms. The van der Waals surface area contributed by atoms with Crippen molar-refractivity contribution in [2.24, 2.45) is 0 Å². The third-order valence-electron chi connectivity index (χ3n) is 3.16. The van der Waals surface area contributed by atoms with Crippen molar-refractivity contribution in [2.45, 2.75) is 31.7 Å². The number of nitrogens with zero attached hydrogens (tertiary/aromatic N) is 1. The number of rotatable bonds is 2. The van der Waals surface area contributed by atoms with Crippen LogP contribution in [0.15, 0.2) is 28.7 Å².